The third kappa shape index (κ3) is 4.90. The largest absolute Gasteiger partial charge is 0.461 e. The SMILES string of the molecule is O=C(CC1NCCN(Cc2ccccc2)C1=O)OCc1ccccc1. The number of ether oxygens (including phenoxy) is 1. The van der Waals surface area contributed by atoms with Gasteiger partial charge >= 0.3 is 5.97 Å². The lowest BCUT2D eigenvalue weighted by atomic mass is 10.1. The van der Waals surface area contributed by atoms with Gasteiger partial charge in [-0.25, -0.2) is 0 Å². The van der Waals surface area contributed by atoms with Crippen molar-refractivity contribution in [3.05, 3.63) is 71.8 Å². The van der Waals surface area contributed by atoms with E-state index in [0.717, 1.165) is 11.1 Å². The van der Waals surface area contributed by atoms with Crippen LogP contribution in [0.3, 0.4) is 0 Å². The lowest BCUT2D eigenvalue weighted by Gasteiger charge is -2.32. The summed E-state index contributed by atoms with van der Waals surface area (Å²) in [6, 6.07) is 18.9. The number of carbonyl (C=O) groups excluding carboxylic acids is 2. The minimum Gasteiger partial charge on any atom is -0.461 e. The van der Waals surface area contributed by atoms with E-state index in [1.807, 2.05) is 60.7 Å². The first-order chi connectivity index (χ1) is 12.2. The molecule has 1 aliphatic heterocycles. The Labute approximate surface area is 147 Å². The molecule has 0 aliphatic carbocycles. The summed E-state index contributed by atoms with van der Waals surface area (Å²) in [5, 5.41) is 3.12. The molecule has 1 atom stereocenters. The second kappa shape index (κ2) is 8.44. The molecule has 0 spiro atoms. The topological polar surface area (TPSA) is 58.6 Å². The van der Waals surface area contributed by atoms with E-state index in [2.05, 4.69) is 5.32 Å². The zero-order valence-electron chi connectivity index (χ0n) is 14.1. The van der Waals surface area contributed by atoms with Crippen molar-refractivity contribution in [3.8, 4) is 0 Å². The molecule has 1 heterocycles. The number of benzene rings is 2. The quantitative estimate of drug-likeness (QED) is 0.820. The average molecular weight is 338 g/mol. The molecule has 1 aliphatic rings. The molecule has 0 bridgehead atoms. The van der Waals surface area contributed by atoms with Crippen LogP contribution in [0.4, 0.5) is 0 Å². The van der Waals surface area contributed by atoms with Crippen LogP contribution in [0.5, 0.6) is 0 Å². The predicted molar refractivity (Wildman–Crippen MR) is 94.5 cm³/mol. The molecule has 1 fully saturated rings. The van der Waals surface area contributed by atoms with Crippen LogP contribution < -0.4 is 5.32 Å². The molecule has 0 saturated carbocycles. The summed E-state index contributed by atoms with van der Waals surface area (Å²) in [7, 11) is 0. The fourth-order valence-corrected chi connectivity index (χ4v) is 2.88. The van der Waals surface area contributed by atoms with Crippen molar-refractivity contribution in [3.63, 3.8) is 0 Å². The van der Waals surface area contributed by atoms with Gasteiger partial charge in [-0.15, -0.1) is 0 Å². The van der Waals surface area contributed by atoms with Crippen LogP contribution in [-0.2, 0) is 27.5 Å². The summed E-state index contributed by atoms with van der Waals surface area (Å²) in [6.45, 7) is 2.11. The van der Waals surface area contributed by atoms with Crippen molar-refractivity contribution in [1.82, 2.24) is 10.2 Å². The number of hydrogen-bond donors (Lipinski definition) is 1. The Bertz CT molecular complexity index is 703. The van der Waals surface area contributed by atoms with E-state index >= 15 is 0 Å². The van der Waals surface area contributed by atoms with E-state index in [1.54, 1.807) is 4.90 Å². The lowest BCUT2D eigenvalue weighted by molar-refractivity contribution is -0.149. The van der Waals surface area contributed by atoms with Gasteiger partial charge < -0.3 is 15.0 Å². The van der Waals surface area contributed by atoms with Crippen LogP contribution in [0, 0.1) is 0 Å². The van der Waals surface area contributed by atoms with Crippen LogP contribution in [0.1, 0.15) is 17.5 Å². The van der Waals surface area contributed by atoms with Crippen molar-refractivity contribution >= 4 is 11.9 Å². The van der Waals surface area contributed by atoms with Crippen LogP contribution >= 0.6 is 0 Å². The van der Waals surface area contributed by atoms with Crippen molar-refractivity contribution in [1.29, 1.82) is 0 Å². The van der Waals surface area contributed by atoms with E-state index in [1.165, 1.54) is 0 Å². The summed E-state index contributed by atoms with van der Waals surface area (Å²) in [5.41, 5.74) is 2.02. The normalized spacial score (nSPS) is 17.4. The van der Waals surface area contributed by atoms with Crippen molar-refractivity contribution in [2.75, 3.05) is 13.1 Å². The average Bonchev–Trinajstić information content (AvgIpc) is 2.65. The monoisotopic (exact) mass is 338 g/mol. The van der Waals surface area contributed by atoms with Gasteiger partial charge in [-0.3, -0.25) is 9.59 Å². The third-order valence-corrected chi connectivity index (χ3v) is 4.21. The molecule has 25 heavy (non-hydrogen) atoms. The van der Waals surface area contributed by atoms with Gasteiger partial charge in [0.25, 0.3) is 0 Å². The molecule has 0 radical (unpaired) electrons. The fourth-order valence-electron chi connectivity index (χ4n) is 2.88. The van der Waals surface area contributed by atoms with Crippen LogP contribution in [0.2, 0.25) is 0 Å². The van der Waals surface area contributed by atoms with Crippen LogP contribution in [0.15, 0.2) is 60.7 Å². The highest BCUT2D eigenvalue weighted by Crippen LogP contribution is 2.12. The summed E-state index contributed by atoms with van der Waals surface area (Å²) in [4.78, 5) is 26.5. The second-order valence-corrected chi connectivity index (χ2v) is 6.10. The molecule has 2 aromatic rings. The highest BCUT2D eigenvalue weighted by atomic mass is 16.5. The number of rotatable bonds is 6. The van der Waals surface area contributed by atoms with E-state index < -0.39 is 6.04 Å². The standard InChI is InChI=1S/C20H22N2O3/c23-19(25-15-17-9-5-2-6-10-17)13-18-20(24)22(12-11-21-18)14-16-7-3-1-4-8-16/h1-10,18,21H,11-15H2. The van der Waals surface area contributed by atoms with E-state index in [-0.39, 0.29) is 24.9 Å². The molecular formula is C20H22N2O3. The van der Waals surface area contributed by atoms with Crippen LogP contribution in [-0.4, -0.2) is 35.9 Å². The number of esters is 1. The highest BCUT2D eigenvalue weighted by molar-refractivity contribution is 5.87. The minimum absolute atomic E-state index is 0.0493. The van der Waals surface area contributed by atoms with Crippen molar-refractivity contribution in [2.24, 2.45) is 0 Å². The van der Waals surface area contributed by atoms with Gasteiger partial charge in [-0.05, 0) is 11.1 Å². The Kier molecular flexibility index (Phi) is 5.80. The number of nitrogens with one attached hydrogen (secondary N) is 1. The van der Waals surface area contributed by atoms with E-state index in [9.17, 15) is 9.59 Å². The zero-order chi connectivity index (χ0) is 17.5. The molecular weight excluding hydrogens is 316 g/mol. The van der Waals surface area contributed by atoms with Gasteiger partial charge in [0.15, 0.2) is 0 Å². The van der Waals surface area contributed by atoms with Gasteiger partial charge in [-0.1, -0.05) is 60.7 Å². The molecule has 5 heteroatoms. The molecule has 1 N–H and O–H groups in total. The Hall–Kier alpha value is -2.66. The summed E-state index contributed by atoms with van der Waals surface area (Å²) in [6.07, 6.45) is 0.0525. The van der Waals surface area contributed by atoms with E-state index in [4.69, 9.17) is 4.74 Å². The summed E-state index contributed by atoms with van der Waals surface area (Å²) >= 11 is 0. The molecule has 1 unspecified atom stereocenters. The number of hydrogen-bond acceptors (Lipinski definition) is 4. The molecule has 130 valence electrons. The summed E-state index contributed by atoms with van der Waals surface area (Å²) in [5.74, 6) is -0.414. The first kappa shape index (κ1) is 17.2. The third-order valence-electron chi connectivity index (χ3n) is 4.21. The van der Waals surface area contributed by atoms with Gasteiger partial charge in [0.2, 0.25) is 5.91 Å². The Balaban J connectivity index is 1.51. The maximum absolute atomic E-state index is 12.6. The Morgan fingerprint density at radius 2 is 1.68 bits per heavy atom. The van der Waals surface area contributed by atoms with Gasteiger partial charge in [0.05, 0.1) is 12.5 Å². The number of nitrogens with zero attached hydrogens (tertiary/aromatic N) is 1. The van der Waals surface area contributed by atoms with Crippen LogP contribution in [0.25, 0.3) is 0 Å². The fraction of sp³-hybridized carbons (Fsp3) is 0.300. The van der Waals surface area contributed by atoms with Gasteiger partial charge in [-0.2, -0.15) is 0 Å². The zero-order valence-corrected chi connectivity index (χ0v) is 14.1. The summed E-state index contributed by atoms with van der Waals surface area (Å²) < 4.78 is 5.28. The van der Waals surface area contributed by atoms with Crippen molar-refractivity contribution < 1.29 is 14.3 Å². The first-order valence-corrected chi connectivity index (χ1v) is 8.48. The molecule has 1 saturated heterocycles. The van der Waals surface area contributed by atoms with Gasteiger partial charge in [0.1, 0.15) is 6.61 Å². The molecule has 0 aromatic heterocycles. The molecule has 1 amide bonds. The lowest BCUT2D eigenvalue weighted by Crippen LogP contribution is -2.55. The minimum atomic E-state index is -0.513. The Morgan fingerprint density at radius 3 is 2.36 bits per heavy atom. The Morgan fingerprint density at radius 1 is 1.04 bits per heavy atom. The highest BCUT2D eigenvalue weighted by Gasteiger charge is 2.30. The maximum atomic E-state index is 12.6. The molecule has 5 nitrogen and oxygen atoms in total. The molecule has 3 rings (SSSR count). The number of carbonyl (C=O) groups is 2. The molecule has 2 aromatic carbocycles. The van der Waals surface area contributed by atoms with Gasteiger partial charge in [0, 0.05) is 19.6 Å². The van der Waals surface area contributed by atoms with Crippen molar-refractivity contribution in [2.45, 2.75) is 25.6 Å². The first-order valence-electron chi connectivity index (χ1n) is 8.48. The maximum Gasteiger partial charge on any atom is 0.308 e. The second-order valence-electron chi connectivity index (χ2n) is 6.10. The predicted octanol–water partition coefficient (Wildman–Crippen LogP) is 2.12. The number of piperazine rings is 1. The van der Waals surface area contributed by atoms with E-state index in [0.29, 0.717) is 19.6 Å². The number of amides is 1. The smallest absolute Gasteiger partial charge is 0.308 e.